The molecule has 0 aliphatic rings. The number of aliphatic hydroxyl groups excluding tert-OH is 1. The summed E-state index contributed by atoms with van der Waals surface area (Å²) >= 11 is 0. The van der Waals surface area contributed by atoms with E-state index in [1.54, 1.807) is 12.1 Å². The van der Waals surface area contributed by atoms with E-state index >= 15 is 0 Å². The monoisotopic (exact) mass is 184 g/mol. The molecule has 0 saturated heterocycles. The fourth-order valence-electron chi connectivity index (χ4n) is 0.957. The largest absolute Gasteiger partial charge is 0.389 e. The van der Waals surface area contributed by atoms with E-state index in [0.717, 1.165) is 0 Å². The molecule has 0 aromatic heterocycles. The average Bonchev–Trinajstić information content (AvgIpc) is 2.14. The first-order valence-electron chi connectivity index (χ1n) is 3.92. The lowest BCUT2D eigenvalue weighted by Gasteiger charge is -1.96. The van der Waals surface area contributed by atoms with Crippen molar-refractivity contribution in [1.29, 1.82) is 0 Å². The summed E-state index contributed by atoms with van der Waals surface area (Å²) in [6, 6.07) is 5.93. The Morgan fingerprint density at radius 2 is 2.23 bits per heavy atom. The molecular formula is C10H10F2O. The van der Waals surface area contributed by atoms with Crippen LogP contribution in [0.5, 0.6) is 0 Å². The van der Waals surface area contributed by atoms with Crippen molar-refractivity contribution < 1.29 is 13.9 Å². The van der Waals surface area contributed by atoms with Gasteiger partial charge in [0.25, 0.3) is 0 Å². The van der Waals surface area contributed by atoms with Gasteiger partial charge in [-0.05, 0) is 30.2 Å². The predicted molar refractivity (Wildman–Crippen MR) is 46.4 cm³/mol. The van der Waals surface area contributed by atoms with Crippen LogP contribution in [0.2, 0.25) is 0 Å². The second kappa shape index (κ2) is 4.72. The molecule has 0 spiro atoms. The molecule has 0 amide bonds. The summed E-state index contributed by atoms with van der Waals surface area (Å²) in [6.45, 7) is -0.602. The Kier molecular flexibility index (Phi) is 3.58. The highest BCUT2D eigenvalue weighted by Crippen LogP contribution is 2.06. The van der Waals surface area contributed by atoms with Crippen LogP contribution >= 0.6 is 0 Å². The molecular weight excluding hydrogens is 174 g/mol. The zero-order chi connectivity index (χ0) is 9.68. The van der Waals surface area contributed by atoms with E-state index in [9.17, 15) is 8.78 Å². The molecule has 0 aliphatic heterocycles. The van der Waals surface area contributed by atoms with Gasteiger partial charge in [0.15, 0.2) is 0 Å². The van der Waals surface area contributed by atoms with Gasteiger partial charge in [0.05, 0.1) is 6.61 Å². The summed E-state index contributed by atoms with van der Waals surface area (Å²) in [5.41, 5.74) is 0.684. The van der Waals surface area contributed by atoms with E-state index in [1.165, 1.54) is 18.2 Å². The Balaban J connectivity index is 2.64. The van der Waals surface area contributed by atoms with Crippen LogP contribution in [-0.4, -0.2) is 11.7 Å². The molecule has 0 unspecified atom stereocenters. The maximum absolute atomic E-state index is 12.6. The fourth-order valence-corrected chi connectivity index (χ4v) is 0.957. The van der Waals surface area contributed by atoms with Crippen LogP contribution < -0.4 is 0 Å². The molecule has 0 radical (unpaired) electrons. The number of aliphatic hydroxyl groups is 1. The van der Waals surface area contributed by atoms with Gasteiger partial charge in [-0.3, -0.25) is 0 Å². The Morgan fingerprint density at radius 1 is 1.46 bits per heavy atom. The summed E-state index contributed by atoms with van der Waals surface area (Å²) in [5, 5.41) is 8.35. The normalized spacial score (nSPS) is 11.8. The molecule has 1 nitrogen and oxygen atoms in total. The van der Waals surface area contributed by atoms with Gasteiger partial charge in [0.1, 0.15) is 11.6 Å². The molecule has 0 saturated carbocycles. The van der Waals surface area contributed by atoms with E-state index < -0.39 is 12.4 Å². The number of hydrogen-bond donors (Lipinski definition) is 1. The smallest absolute Gasteiger partial charge is 0.123 e. The summed E-state index contributed by atoms with van der Waals surface area (Å²) < 4.78 is 25.0. The van der Waals surface area contributed by atoms with Crippen LogP contribution in [0.1, 0.15) is 5.56 Å². The summed E-state index contributed by atoms with van der Waals surface area (Å²) in [4.78, 5) is 0. The lowest BCUT2D eigenvalue weighted by Crippen LogP contribution is -1.86. The number of allylic oxidation sites excluding steroid dienone is 1. The van der Waals surface area contributed by atoms with Crippen LogP contribution in [0.25, 0.3) is 0 Å². The third kappa shape index (κ3) is 3.34. The Hall–Kier alpha value is -1.22. The maximum Gasteiger partial charge on any atom is 0.123 e. The Morgan fingerprint density at radius 3 is 2.85 bits per heavy atom. The van der Waals surface area contributed by atoms with Crippen molar-refractivity contribution in [1.82, 2.24) is 0 Å². The second-order valence-corrected chi connectivity index (χ2v) is 2.64. The standard InChI is InChI=1S/C10H10F2O/c11-9-3-1-2-8(6-9)4-5-10(12)7-13/h1-3,5-6,13H,4,7H2/b10-5+. The van der Waals surface area contributed by atoms with Crippen LogP contribution in [0.15, 0.2) is 36.2 Å². The maximum atomic E-state index is 12.6. The fraction of sp³-hybridized carbons (Fsp3) is 0.200. The Labute approximate surface area is 75.3 Å². The quantitative estimate of drug-likeness (QED) is 0.763. The molecule has 0 aliphatic carbocycles. The number of benzene rings is 1. The number of halogens is 2. The molecule has 1 rings (SSSR count). The van der Waals surface area contributed by atoms with Gasteiger partial charge in [-0.2, -0.15) is 0 Å². The molecule has 0 heterocycles. The minimum atomic E-state index is -0.602. The van der Waals surface area contributed by atoms with Gasteiger partial charge in [0.2, 0.25) is 0 Å². The van der Waals surface area contributed by atoms with Gasteiger partial charge in [-0.25, -0.2) is 8.78 Å². The van der Waals surface area contributed by atoms with Crippen molar-refractivity contribution in [3.63, 3.8) is 0 Å². The minimum Gasteiger partial charge on any atom is -0.389 e. The van der Waals surface area contributed by atoms with Crippen molar-refractivity contribution >= 4 is 0 Å². The van der Waals surface area contributed by atoms with Gasteiger partial charge in [0, 0.05) is 0 Å². The van der Waals surface area contributed by atoms with E-state index in [1.807, 2.05) is 0 Å². The first-order chi connectivity index (χ1) is 6.22. The lowest BCUT2D eigenvalue weighted by atomic mass is 10.1. The van der Waals surface area contributed by atoms with E-state index in [-0.39, 0.29) is 5.82 Å². The van der Waals surface area contributed by atoms with Crippen LogP contribution in [0, 0.1) is 5.82 Å². The third-order valence-electron chi connectivity index (χ3n) is 1.60. The van der Waals surface area contributed by atoms with Gasteiger partial charge < -0.3 is 5.11 Å². The van der Waals surface area contributed by atoms with Crippen molar-refractivity contribution in [2.75, 3.05) is 6.61 Å². The van der Waals surface area contributed by atoms with Crippen LogP contribution in [0.3, 0.4) is 0 Å². The summed E-state index contributed by atoms with van der Waals surface area (Å²) in [6.07, 6.45) is 1.53. The Bertz CT molecular complexity index is 308. The van der Waals surface area contributed by atoms with E-state index in [4.69, 9.17) is 5.11 Å². The highest BCUT2D eigenvalue weighted by molar-refractivity contribution is 5.19. The van der Waals surface area contributed by atoms with E-state index in [0.29, 0.717) is 12.0 Å². The van der Waals surface area contributed by atoms with Crippen molar-refractivity contribution in [2.24, 2.45) is 0 Å². The lowest BCUT2D eigenvalue weighted by molar-refractivity contribution is 0.297. The van der Waals surface area contributed by atoms with Crippen LogP contribution in [-0.2, 0) is 6.42 Å². The molecule has 1 N–H and O–H groups in total. The molecule has 0 atom stereocenters. The molecule has 0 bridgehead atoms. The molecule has 3 heteroatoms. The number of rotatable bonds is 3. The summed E-state index contributed by atoms with van der Waals surface area (Å²) in [5.74, 6) is -0.931. The van der Waals surface area contributed by atoms with Gasteiger partial charge in [-0.15, -0.1) is 0 Å². The molecule has 70 valence electrons. The van der Waals surface area contributed by atoms with E-state index in [2.05, 4.69) is 0 Å². The van der Waals surface area contributed by atoms with Crippen LogP contribution in [0.4, 0.5) is 8.78 Å². The highest BCUT2D eigenvalue weighted by Gasteiger charge is 1.94. The first kappa shape index (κ1) is 9.86. The summed E-state index contributed by atoms with van der Waals surface area (Å²) in [7, 11) is 0. The third-order valence-corrected chi connectivity index (χ3v) is 1.60. The highest BCUT2D eigenvalue weighted by atomic mass is 19.1. The van der Waals surface area contributed by atoms with Crippen molar-refractivity contribution in [3.05, 3.63) is 47.5 Å². The molecule has 13 heavy (non-hydrogen) atoms. The van der Waals surface area contributed by atoms with Crippen molar-refractivity contribution in [2.45, 2.75) is 6.42 Å². The zero-order valence-corrected chi connectivity index (χ0v) is 7.00. The zero-order valence-electron chi connectivity index (χ0n) is 7.00. The topological polar surface area (TPSA) is 20.2 Å². The molecule has 1 aromatic carbocycles. The average molecular weight is 184 g/mol. The first-order valence-corrected chi connectivity index (χ1v) is 3.92. The molecule has 0 fully saturated rings. The van der Waals surface area contributed by atoms with Gasteiger partial charge >= 0.3 is 0 Å². The molecule has 1 aromatic rings. The second-order valence-electron chi connectivity index (χ2n) is 2.64. The minimum absolute atomic E-state index is 0.296. The number of hydrogen-bond acceptors (Lipinski definition) is 1. The SMILES string of the molecule is OC/C(F)=C\Cc1cccc(F)c1. The van der Waals surface area contributed by atoms with Crippen molar-refractivity contribution in [3.8, 4) is 0 Å². The van der Waals surface area contributed by atoms with Gasteiger partial charge in [-0.1, -0.05) is 12.1 Å². The predicted octanol–water partition coefficient (Wildman–Crippen LogP) is 2.21.